The van der Waals surface area contributed by atoms with E-state index < -0.39 is 0 Å². The molecule has 0 saturated heterocycles. The second-order valence-electron chi connectivity index (χ2n) is 1.35. The number of rotatable bonds is 0. The molecule has 0 spiro atoms. The van der Waals surface area contributed by atoms with Crippen LogP contribution in [0.2, 0.25) is 0 Å². The van der Waals surface area contributed by atoms with Gasteiger partial charge in [0.05, 0.1) is 6.20 Å². The fraction of sp³-hybridized carbons (Fsp3) is 0.500. The third-order valence-electron chi connectivity index (χ3n) is 0.689. The highest BCUT2D eigenvalue weighted by molar-refractivity contribution is 5.02. The molecule has 3 nitrogen and oxygen atoms in total. The number of aromatic hydroxyl groups is 1. The average molecular weight is 130 g/mol. The van der Waals surface area contributed by atoms with Gasteiger partial charge in [-0.25, -0.2) is 4.98 Å². The number of nitrogens with zero attached hydrogens (tertiary/aromatic N) is 1. The van der Waals surface area contributed by atoms with E-state index in [2.05, 4.69) is 9.97 Å². The zero-order valence-electron chi connectivity index (χ0n) is 3.97. The summed E-state index contributed by atoms with van der Waals surface area (Å²) in [5.74, 6) is 0.856. The number of aryl methyl sites for hydroxylation is 1. The smallest absolute Gasteiger partial charge is 0.208 e. The summed E-state index contributed by atoms with van der Waals surface area (Å²) in [6.45, 7) is 1.78. The molecule has 0 fully saturated rings. The van der Waals surface area contributed by atoms with E-state index in [0.717, 1.165) is 5.82 Å². The van der Waals surface area contributed by atoms with Gasteiger partial charge in [-0.05, 0) is 6.92 Å². The molecule has 3 heteroatoms. The van der Waals surface area contributed by atoms with Gasteiger partial charge in [0.2, 0.25) is 5.88 Å². The number of hydrogen-bond donors (Lipinski definition) is 2. The van der Waals surface area contributed by atoms with Crippen LogP contribution >= 0.6 is 0 Å². The third kappa shape index (κ3) is 2.74. The molecule has 1 aromatic heterocycles. The van der Waals surface area contributed by atoms with Crippen molar-refractivity contribution in [2.45, 2.75) is 21.8 Å². The van der Waals surface area contributed by atoms with Gasteiger partial charge in [-0.3, -0.25) is 0 Å². The number of imidazole rings is 1. The fourth-order valence-electron chi connectivity index (χ4n) is 0.408. The van der Waals surface area contributed by atoms with E-state index in [-0.39, 0.29) is 20.7 Å². The fourth-order valence-corrected chi connectivity index (χ4v) is 0.408. The van der Waals surface area contributed by atoms with E-state index >= 15 is 0 Å². The molecule has 0 aliphatic heterocycles. The zero-order chi connectivity index (χ0) is 5.28. The highest BCUT2D eigenvalue weighted by Gasteiger charge is 1.86. The van der Waals surface area contributed by atoms with Crippen molar-refractivity contribution in [1.29, 1.82) is 0 Å². The van der Waals surface area contributed by atoms with Crippen LogP contribution < -0.4 is 0 Å². The first-order chi connectivity index (χ1) is 3.29. The Morgan fingerprint density at radius 1 is 1.56 bits per heavy atom. The molecule has 1 rings (SSSR count). The summed E-state index contributed by atoms with van der Waals surface area (Å²) in [5, 5.41) is 8.54. The van der Waals surface area contributed by atoms with Crippen molar-refractivity contribution >= 4 is 0 Å². The molecule has 1 heterocycles. The molecule has 9 heavy (non-hydrogen) atoms. The summed E-state index contributed by atoms with van der Waals surface area (Å²) in [7, 11) is 0. The molecule has 0 atom stereocenters. The third-order valence-corrected chi connectivity index (χ3v) is 0.689. The van der Waals surface area contributed by atoms with Crippen LogP contribution in [0.1, 0.15) is 20.7 Å². The van der Waals surface area contributed by atoms with E-state index in [1.54, 1.807) is 6.92 Å². The number of hydrogen-bond acceptors (Lipinski definition) is 2. The molecule has 0 saturated carbocycles. The van der Waals surface area contributed by atoms with Crippen molar-refractivity contribution in [3.8, 4) is 5.88 Å². The summed E-state index contributed by atoms with van der Waals surface area (Å²) in [5.41, 5.74) is 0. The number of nitrogens with one attached hydrogen (secondary N) is 1. The molecular formula is C6H14N2O. The first kappa shape index (κ1) is 10.9. The van der Waals surface area contributed by atoms with Gasteiger partial charge >= 0.3 is 0 Å². The maximum atomic E-state index is 8.54. The van der Waals surface area contributed by atoms with Gasteiger partial charge < -0.3 is 10.1 Å². The van der Waals surface area contributed by atoms with Crippen LogP contribution in [0.3, 0.4) is 0 Å². The molecule has 0 aromatic carbocycles. The quantitative estimate of drug-likeness (QED) is 0.561. The molecule has 2 N–H and O–H groups in total. The Morgan fingerprint density at radius 2 is 2.11 bits per heavy atom. The Labute approximate surface area is 55.8 Å². The van der Waals surface area contributed by atoms with E-state index in [4.69, 9.17) is 5.11 Å². The minimum Gasteiger partial charge on any atom is -0.493 e. The largest absolute Gasteiger partial charge is 0.493 e. The minimum absolute atomic E-state index is 0. The summed E-state index contributed by atoms with van der Waals surface area (Å²) in [6.07, 6.45) is 1.37. The molecule has 0 aliphatic carbocycles. The van der Waals surface area contributed by atoms with Crippen LogP contribution in [-0.4, -0.2) is 15.1 Å². The predicted octanol–water partition coefficient (Wildman–Crippen LogP) is 1.70. The summed E-state index contributed by atoms with van der Waals surface area (Å²) in [4.78, 5) is 6.29. The summed E-state index contributed by atoms with van der Waals surface area (Å²) >= 11 is 0. The normalized spacial score (nSPS) is 7.22. The average Bonchev–Trinajstić information content (AvgIpc) is 1.87. The van der Waals surface area contributed by atoms with Gasteiger partial charge in [-0.15, -0.1) is 0 Å². The lowest BCUT2D eigenvalue weighted by Gasteiger charge is -1.74. The van der Waals surface area contributed by atoms with Gasteiger partial charge in [0.25, 0.3) is 0 Å². The molecule has 0 aliphatic rings. The van der Waals surface area contributed by atoms with Crippen LogP contribution in [0.4, 0.5) is 0 Å². The van der Waals surface area contributed by atoms with Gasteiger partial charge in [-0.1, -0.05) is 14.9 Å². The van der Waals surface area contributed by atoms with E-state index in [0.29, 0.717) is 0 Å². The number of aromatic nitrogens is 2. The van der Waals surface area contributed by atoms with Crippen LogP contribution in [0.25, 0.3) is 0 Å². The van der Waals surface area contributed by atoms with Crippen molar-refractivity contribution in [3.63, 3.8) is 0 Å². The number of aromatic amines is 1. The summed E-state index contributed by atoms with van der Waals surface area (Å²) in [6, 6.07) is 0. The lowest BCUT2D eigenvalue weighted by molar-refractivity contribution is 0.456. The highest BCUT2D eigenvalue weighted by atomic mass is 16.3. The van der Waals surface area contributed by atoms with E-state index in [1.807, 2.05) is 0 Å². The SMILES string of the molecule is C.C.Cc1ncc(O)[nH]1. The Hall–Kier alpha value is -0.990. The Kier molecular flexibility index (Phi) is 4.78. The molecule has 54 valence electrons. The lowest BCUT2D eigenvalue weighted by Crippen LogP contribution is -1.67. The number of H-pyrrole nitrogens is 1. The van der Waals surface area contributed by atoms with Crippen LogP contribution in [0.5, 0.6) is 5.88 Å². The molecular weight excluding hydrogens is 116 g/mol. The highest BCUT2D eigenvalue weighted by Crippen LogP contribution is 1.99. The van der Waals surface area contributed by atoms with Gasteiger partial charge in [0.1, 0.15) is 5.82 Å². The molecule has 0 amide bonds. The Balaban J connectivity index is 0. The maximum absolute atomic E-state index is 8.54. The van der Waals surface area contributed by atoms with E-state index in [1.165, 1.54) is 6.20 Å². The van der Waals surface area contributed by atoms with Gasteiger partial charge in [-0.2, -0.15) is 0 Å². The first-order valence-corrected chi connectivity index (χ1v) is 1.99. The lowest BCUT2D eigenvalue weighted by atomic mass is 10.8. The van der Waals surface area contributed by atoms with Crippen LogP contribution in [-0.2, 0) is 0 Å². The second-order valence-corrected chi connectivity index (χ2v) is 1.35. The standard InChI is InChI=1S/C4H6N2O.2CH4/c1-3-5-2-4(7)6-3;;/h2,7H,1H3,(H,5,6);2*1H4. The minimum atomic E-state index is 0. The van der Waals surface area contributed by atoms with Gasteiger partial charge in [0, 0.05) is 0 Å². The Bertz CT molecular complexity index is 143. The molecule has 0 unspecified atom stereocenters. The van der Waals surface area contributed by atoms with E-state index in [9.17, 15) is 0 Å². The van der Waals surface area contributed by atoms with Gasteiger partial charge in [0.15, 0.2) is 0 Å². The molecule has 0 bridgehead atoms. The van der Waals surface area contributed by atoms with Crippen molar-refractivity contribution in [2.75, 3.05) is 0 Å². The topological polar surface area (TPSA) is 48.9 Å². The Morgan fingerprint density at radius 3 is 2.22 bits per heavy atom. The molecule has 0 radical (unpaired) electrons. The predicted molar refractivity (Wildman–Crippen MR) is 38.5 cm³/mol. The monoisotopic (exact) mass is 130 g/mol. The second kappa shape index (κ2) is 3.95. The molecule has 1 aromatic rings. The van der Waals surface area contributed by atoms with Crippen molar-refractivity contribution < 1.29 is 5.11 Å². The van der Waals surface area contributed by atoms with Crippen molar-refractivity contribution in [3.05, 3.63) is 12.0 Å². The van der Waals surface area contributed by atoms with Crippen LogP contribution in [0, 0.1) is 6.92 Å². The van der Waals surface area contributed by atoms with Crippen molar-refractivity contribution in [1.82, 2.24) is 9.97 Å². The maximum Gasteiger partial charge on any atom is 0.208 e. The first-order valence-electron chi connectivity index (χ1n) is 1.99. The van der Waals surface area contributed by atoms with Crippen molar-refractivity contribution in [2.24, 2.45) is 0 Å². The summed E-state index contributed by atoms with van der Waals surface area (Å²) < 4.78 is 0. The zero-order valence-corrected chi connectivity index (χ0v) is 3.97. The van der Waals surface area contributed by atoms with Crippen LogP contribution in [0.15, 0.2) is 6.20 Å².